The molecular weight excluding hydrogens is 373 g/mol. The van der Waals surface area contributed by atoms with E-state index in [0.717, 1.165) is 9.87 Å². The summed E-state index contributed by atoms with van der Waals surface area (Å²) in [6, 6.07) is 9.15. The molecule has 0 aliphatic heterocycles. The second-order valence-corrected chi connectivity index (χ2v) is 7.83. The molecule has 0 saturated heterocycles. The normalized spacial score (nSPS) is 12.7. The number of hydrogen-bond donors (Lipinski definition) is 1. The largest absolute Gasteiger partial charge is 0.480 e. The summed E-state index contributed by atoms with van der Waals surface area (Å²) >= 11 is 12.2. The van der Waals surface area contributed by atoms with Crippen LogP contribution in [0, 0.1) is 6.92 Å². The fourth-order valence-electron chi connectivity index (χ4n) is 2.15. The number of halogens is 2. The van der Waals surface area contributed by atoms with Crippen molar-refractivity contribution in [3.63, 3.8) is 0 Å². The Hall–Kier alpha value is -1.76. The van der Waals surface area contributed by atoms with E-state index in [0.29, 0.717) is 0 Å². The Bertz CT molecular complexity index is 846. The average molecular weight is 388 g/mol. The Kier molecular flexibility index (Phi) is 5.42. The van der Waals surface area contributed by atoms with E-state index in [9.17, 15) is 18.3 Å². The van der Waals surface area contributed by atoms with Crippen LogP contribution >= 0.6 is 23.2 Å². The third-order valence-electron chi connectivity index (χ3n) is 3.44. The molecule has 1 atom stereocenters. The first-order valence-corrected chi connectivity index (χ1v) is 9.13. The van der Waals surface area contributed by atoms with Crippen LogP contribution in [0.5, 0.6) is 0 Å². The number of sulfonamides is 1. The number of rotatable bonds is 5. The molecule has 0 bridgehead atoms. The molecule has 0 spiro atoms. The van der Waals surface area contributed by atoms with Gasteiger partial charge in [0.05, 0.1) is 20.6 Å². The Morgan fingerprint density at radius 2 is 1.58 bits per heavy atom. The van der Waals surface area contributed by atoms with Gasteiger partial charge in [-0.15, -0.1) is 0 Å². The molecule has 1 N–H and O–H groups in total. The van der Waals surface area contributed by atoms with E-state index in [2.05, 4.69) is 0 Å². The zero-order valence-corrected chi connectivity index (χ0v) is 15.2. The van der Waals surface area contributed by atoms with Crippen LogP contribution in [-0.4, -0.2) is 25.5 Å². The highest BCUT2D eigenvalue weighted by atomic mass is 35.5. The Labute approximate surface area is 150 Å². The molecule has 0 aliphatic carbocycles. The summed E-state index contributed by atoms with van der Waals surface area (Å²) in [5.74, 6) is -1.32. The summed E-state index contributed by atoms with van der Waals surface area (Å²) in [5, 5.41) is 9.45. The van der Waals surface area contributed by atoms with Gasteiger partial charge in [-0.2, -0.15) is 0 Å². The number of benzene rings is 2. The summed E-state index contributed by atoms with van der Waals surface area (Å²) in [7, 11) is -4.18. The SMILES string of the molecule is Cc1ccc(S(=O)(=O)N(c2c(Cl)cccc2Cl)C(C)C(=O)O)cc1. The predicted molar refractivity (Wildman–Crippen MR) is 94.4 cm³/mol. The highest BCUT2D eigenvalue weighted by Crippen LogP contribution is 2.38. The summed E-state index contributed by atoms with van der Waals surface area (Å²) in [4.78, 5) is 11.4. The number of anilines is 1. The Morgan fingerprint density at radius 3 is 2.04 bits per heavy atom. The van der Waals surface area contributed by atoms with E-state index in [1.807, 2.05) is 6.92 Å². The van der Waals surface area contributed by atoms with Crippen molar-refractivity contribution in [2.45, 2.75) is 24.8 Å². The number of hydrogen-bond acceptors (Lipinski definition) is 3. The molecule has 0 aliphatic rings. The smallest absolute Gasteiger partial charge is 0.327 e. The lowest BCUT2D eigenvalue weighted by atomic mass is 10.2. The molecule has 5 nitrogen and oxygen atoms in total. The van der Waals surface area contributed by atoms with Gasteiger partial charge in [0.25, 0.3) is 10.0 Å². The average Bonchev–Trinajstić information content (AvgIpc) is 2.50. The first kappa shape index (κ1) is 18.6. The van der Waals surface area contributed by atoms with Crippen LogP contribution in [0.15, 0.2) is 47.4 Å². The first-order chi connectivity index (χ1) is 11.2. The third kappa shape index (κ3) is 3.50. The van der Waals surface area contributed by atoms with Crippen molar-refractivity contribution in [3.8, 4) is 0 Å². The number of carboxylic acid groups (broad SMARTS) is 1. The molecule has 0 amide bonds. The van der Waals surface area contributed by atoms with E-state index >= 15 is 0 Å². The third-order valence-corrected chi connectivity index (χ3v) is 5.94. The molecule has 0 fully saturated rings. The van der Waals surface area contributed by atoms with Crippen LogP contribution in [0.4, 0.5) is 5.69 Å². The lowest BCUT2D eigenvalue weighted by molar-refractivity contribution is -0.137. The summed E-state index contributed by atoms with van der Waals surface area (Å²) in [5.41, 5.74) is 0.818. The molecule has 128 valence electrons. The summed E-state index contributed by atoms with van der Waals surface area (Å²) < 4.78 is 26.8. The van der Waals surface area contributed by atoms with E-state index in [-0.39, 0.29) is 20.6 Å². The van der Waals surface area contributed by atoms with Gasteiger partial charge in [0.1, 0.15) is 6.04 Å². The number of carboxylic acids is 1. The van der Waals surface area contributed by atoms with Crippen molar-refractivity contribution >= 4 is 44.9 Å². The van der Waals surface area contributed by atoms with Crippen LogP contribution < -0.4 is 4.31 Å². The van der Waals surface area contributed by atoms with E-state index < -0.39 is 22.0 Å². The van der Waals surface area contributed by atoms with Gasteiger partial charge in [0.2, 0.25) is 0 Å². The van der Waals surface area contributed by atoms with Gasteiger partial charge < -0.3 is 5.11 Å². The van der Waals surface area contributed by atoms with Crippen molar-refractivity contribution in [2.75, 3.05) is 4.31 Å². The molecule has 24 heavy (non-hydrogen) atoms. The maximum Gasteiger partial charge on any atom is 0.327 e. The fraction of sp³-hybridized carbons (Fsp3) is 0.188. The number of nitrogens with zero attached hydrogens (tertiary/aromatic N) is 1. The molecule has 2 aromatic rings. The highest BCUT2D eigenvalue weighted by molar-refractivity contribution is 7.93. The second-order valence-electron chi connectivity index (χ2n) is 5.20. The number of aliphatic carboxylic acids is 1. The summed E-state index contributed by atoms with van der Waals surface area (Å²) in [6.07, 6.45) is 0. The number of carbonyl (C=O) groups is 1. The fourth-order valence-corrected chi connectivity index (χ4v) is 4.48. The van der Waals surface area contributed by atoms with Gasteiger partial charge in [-0.1, -0.05) is 47.0 Å². The molecular formula is C16H15Cl2NO4S. The summed E-state index contributed by atoms with van der Waals surface area (Å²) in [6.45, 7) is 3.08. The topological polar surface area (TPSA) is 74.7 Å². The molecule has 0 aromatic heterocycles. The van der Waals surface area contributed by atoms with E-state index in [1.54, 1.807) is 18.2 Å². The van der Waals surface area contributed by atoms with Crippen LogP contribution in [0.2, 0.25) is 10.0 Å². The quantitative estimate of drug-likeness (QED) is 0.841. The van der Waals surface area contributed by atoms with Crippen LogP contribution in [0.3, 0.4) is 0 Å². The zero-order chi connectivity index (χ0) is 18.1. The minimum Gasteiger partial charge on any atom is -0.480 e. The van der Waals surface area contributed by atoms with Crippen LogP contribution in [-0.2, 0) is 14.8 Å². The standard InChI is InChI=1S/C16H15Cl2NO4S/c1-10-6-8-12(9-7-10)24(22,23)19(11(2)16(20)21)15-13(17)4-3-5-14(15)18/h3-9,11H,1-2H3,(H,20,21). The molecule has 0 heterocycles. The second kappa shape index (κ2) is 7.01. The molecule has 8 heteroatoms. The predicted octanol–water partition coefficient (Wildman–Crippen LogP) is 3.97. The molecule has 0 radical (unpaired) electrons. The van der Waals surface area contributed by atoms with Gasteiger partial charge in [0, 0.05) is 0 Å². The maximum atomic E-state index is 13.0. The van der Waals surface area contributed by atoms with E-state index in [1.165, 1.54) is 31.2 Å². The molecule has 0 saturated carbocycles. The van der Waals surface area contributed by atoms with Crippen molar-refractivity contribution in [2.24, 2.45) is 0 Å². The van der Waals surface area contributed by atoms with Crippen molar-refractivity contribution < 1.29 is 18.3 Å². The minimum atomic E-state index is -4.18. The lowest BCUT2D eigenvalue weighted by Crippen LogP contribution is -2.43. The minimum absolute atomic E-state index is 0.0443. The van der Waals surface area contributed by atoms with Gasteiger partial charge in [0.15, 0.2) is 0 Å². The molecule has 2 aromatic carbocycles. The van der Waals surface area contributed by atoms with Crippen molar-refractivity contribution in [3.05, 3.63) is 58.1 Å². The number of para-hydroxylation sites is 1. The zero-order valence-electron chi connectivity index (χ0n) is 12.9. The Morgan fingerprint density at radius 1 is 1.08 bits per heavy atom. The number of aryl methyl sites for hydroxylation is 1. The highest BCUT2D eigenvalue weighted by Gasteiger charge is 2.35. The monoisotopic (exact) mass is 387 g/mol. The van der Waals surface area contributed by atoms with Crippen molar-refractivity contribution in [1.82, 2.24) is 0 Å². The van der Waals surface area contributed by atoms with Gasteiger partial charge in [-0.3, -0.25) is 0 Å². The first-order valence-electron chi connectivity index (χ1n) is 6.94. The lowest BCUT2D eigenvalue weighted by Gasteiger charge is -2.29. The Balaban J connectivity index is 2.71. The molecule has 2 rings (SSSR count). The van der Waals surface area contributed by atoms with Gasteiger partial charge >= 0.3 is 5.97 Å². The maximum absolute atomic E-state index is 13.0. The van der Waals surface area contributed by atoms with Crippen molar-refractivity contribution in [1.29, 1.82) is 0 Å². The van der Waals surface area contributed by atoms with Crippen LogP contribution in [0.25, 0.3) is 0 Å². The van der Waals surface area contributed by atoms with Gasteiger partial charge in [-0.05, 0) is 38.1 Å². The van der Waals surface area contributed by atoms with Gasteiger partial charge in [-0.25, -0.2) is 17.5 Å². The van der Waals surface area contributed by atoms with E-state index in [4.69, 9.17) is 23.2 Å². The van der Waals surface area contributed by atoms with Crippen LogP contribution in [0.1, 0.15) is 12.5 Å². The molecule has 1 unspecified atom stereocenters.